The third kappa shape index (κ3) is 21.3. The molecule has 0 amide bonds. The van der Waals surface area contributed by atoms with Gasteiger partial charge in [0.25, 0.3) is 17.2 Å². The van der Waals surface area contributed by atoms with Crippen LogP contribution >= 0.6 is 22.7 Å². The molecule has 0 aromatic carbocycles. The van der Waals surface area contributed by atoms with Gasteiger partial charge < -0.3 is 38.2 Å². The number of aryl methyl sites for hydroxylation is 1. The summed E-state index contributed by atoms with van der Waals surface area (Å²) in [5.41, 5.74) is 0. The Morgan fingerprint density at radius 1 is 0.787 bits per heavy atom. The van der Waals surface area contributed by atoms with Crippen LogP contribution in [0.4, 0.5) is 9.52 Å². The van der Waals surface area contributed by atoms with Crippen molar-refractivity contribution in [3.05, 3.63) is 60.2 Å². The second-order valence-electron chi connectivity index (χ2n) is 10.8. The molecule has 0 aliphatic rings. The van der Waals surface area contributed by atoms with Crippen molar-refractivity contribution in [2.24, 2.45) is 7.05 Å². The fourth-order valence-electron chi connectivity index (χ4n) is 2.72. The number of anilines is 1. The fraction of sp³-hybridized carbons (Fsp3) is 0.516. The summed E-state index contributed by atoms with van der Waals surface area (Å²) < 4.78 is 39.6. The SMILES string of the molecule is CC(C)Nc1nccs1.CC(C)Oc1nc(F)cs1.CC(C)Oc1ncc[nH]1.CC(C)Oc1nccn1C.CC(C)Oc1ncco1. The van der Waals surface area contributed by atoms with Gasteiger partial charge in [0, 0.05) is 49.5 Å². The summed E-state index contributed by atoms with van der Waals surface area (Å²) in [4.78, 5) is 22.0. The summed E-state index contributed by atoms with van der Waals surface area (Å²) in [6.45, 7) is 19.7. The van der Waals surface area contributed by atoms with Crippen LogP contribution in [0.1, 0.15) is 69.2 Å². The molecule has 0 radical (unpaired) electrons. The largest absolute Gasteiger partial charge is 0.467 e. The molecule has 0 aliphatic carbocycles. The first kappa shape index (κ1) is 40.8. The lowest BCUT2D eigenvalue weighted by Crippen LogP contribution is -2.08. The lowest BCUT2D eigenvalue weighted by molar-refractivity contribution is 0.176. The van der Waals surface area contributed by atoms with Gasteiger partial charge in [0.1, 0.15) is 6.26 Å². The molecule has 47 heavy (non-hydrogen) atoms. The van der Waals surface area contributed by atoms with Crippen molar-refractivity contribution in [3.63, 3.8) is 0 Å². The van der Waals surface area contributed by atoms with Gasteiger partial charge in [0.05, 0.1) is 36.0 Å². The Kier molecular flexibility index (Phi) is 20.2. The quantitative estimate of drug-likeness (QED) is 0.147. The number of H-pyrrole nitrogens is 1. The van der Waals surface area contributed by atoms with Gasteiger partial charge in [-0.15, -0.1) is 11.3 Å². The van der Waals surface area contributed by atoms with E-state index in [1.807, 2.05) is 78.6 Å². The molecule has 0 saturated heterocycles. The first-order chi connectivity index (χ1) is 22.2. The number of aromatic amines is 1. The van der Waals surface area contributed by atoms with Gasteiger partial charge in [-0.1, -0.05) is 11.3 Å². The lowest BCUT2D eigenvalue weighted by atomic mass is 10.4. The minimum absolute atomic E-state index is 0.0607. The molecule has 0 unspecified atom stereocenters. The van der Waals surface area contributed by atoms with Crippen LogP contribution in [0.2, 0.25) is 0 Å². The van der Waals surface area contributed by atoms with Crippen LogP contribution in [0.3, 0.4) is 0 Å². The second kappa shape index (κ2) is 23.2. The summed E-state index contributed by atoms with van der Waals surface area (Å²) >= 11 is 2.80. The Morgan fingerprint density at radius 3 is 1.89 bits per heavy atom. The molecule has 0 fully saturated rings. The zero-order chi connectivity index (χ0) is 35.2. The molecule has 0 saturated carbocycles. The van der Waals surface area contributed by atoms with E-state index in [1.165, 1.54) is 23.0 Å². The van der Waals surface area contributed by atoms with Crippen LogP contribution in [-0.4, -0.2) is 64.9 Å². The van der Waals surface area contributed by atoms with Crippen molar-refractivity contribution < 1.29 is 27.8 Å². The first-order valence-electron chi connectivity index (χ1n) is 15.0. The van der Waals surface area contributed by atoms with Crippen LogP contribution in [-0.2, 0) is 7.05 Å². The summed E-state index contributed by atoms with van der Waals surface area (Å²) in [5, 5.41) is 7.87. The smallest absolute Gasteiger partial charge is 0.393 e. The van der Waals surface area contributed by atoms with Crippen LogP contribution in [0.25, 0.3) is 0 Å². The monoisotopic (exact) mass is 696 g/mol. The van der Waals surface area contributed by atoms with Crippen LogP contribution < -0.4 is 24.3 Å². The number of aromatic nitrogens is 7. The predicted molar refractivity (Wildman–Crippen MR) is 184 cm³/mol. The second-order valence-corrected chi connectivity index (χ2v) is 12.5. The Hall–Kier alpha value is -4.18. The number of imidazole rings is 2. The maximum absolute atomic E-state index is 12.2. The molecule has 5 aromatic heterocycles. The maximum atomic E-state index is 12.2. The fourth-order valence-corrected chi connectivity index (χ4v) is 4.04. The van der Waals surface area contributed by atoms with E-state index in [9.17, 15) is 4.39 Å². The van der Waals surface area contributed by atoms with E-state index in [-0.39, 0.29) is 24.4 Å². The Bertz CT molecular complexity index is 1300. The van der Waals surface area contributed by atoms with E-state index in [0.717, 1.165) is 5.13 Å². The molecule has 0 spiro atoms. The van der Waals surface area contributed by atoms with Crippen molar-refractivity contribution in [1.82, 2.24) is 34.5 Å². The van der Waals surface area contributed by atoms with Crippen molar-refractivity contribution in [1.29, 1.82) is 0 Å². The number of oxazole rings is 1. The van der Waals surface area contributed by atoms with Crippen molar-refractivity contribution in [3.8, 4) is 23.3 Å². The molecular formula is C31H49FN8O5S2. The number of thiazole rings is 2. The Labute approximate surface area is 284 Å². The predicted octanol–water partition coefficient (Wildman–Crippen LogP) is 7.90. The molecule has 0 aliphatic heterocycles. The Morgan fingerprint density at radius 2 is 1.47 bits per heavy atom. The molecule has 13 nitrogen and oxygen atoms in total. The highest BCUT2D eigenvalue weighted by molar-refractivity contribution is 7.13. The van der Waals surface area contributed by atoms with Gasteiger partial charge in [0.2, 0.25) is 5.95 Å². The lowest BCUT2D eigenvalue weighted by Gasteiger charge is -2.07. The van der Waals surface area contributed by atoms with Crippen molar-refractivity contribution in [2.75, 3.05) is 5.32 Å². The molecule has 5 heterocycles. The summed E-state index contributed by atoms with van der Waals surface area (Å²) in [6, 6.07) is 1.75. The summed E-state index contributed by atoms with van der Waals surface area (Å²) in [7, 11) is 1.91. The standard InChI is InChI=1S/C7H12N2O.C6H8FNOS.C6H10N2O.C6H10N2S.C6H9NO2/c1-6(2)10-7-8-4-5-9(7)3;1-4(2)9-6-8-5(7)3-10-6;1-5(2)9-6-7-3-4-8-6;1-5(2)8-6-7-3-4-9-6;1-5(2)9-6-7-3-4-8-6/h4-6H,1-3H3;3-4H,1-2H3;2*3-5H,1-2H3,(H,7,8);3-5H,1-2H3. The molecule has 0 atom stereocenters. The van der Waals surface area contributed by atoms with E-state index < -0.39 is 5.95 Å². The van der Waals surface area contributed by atoms with Gasteiger partial charge in [-0.2, -0.15) is 14.4 Å². The highest BCUT2D eigenvalue weighted by atomic mass is 32.1. The molecule has 16 heteroatoms. The van der Waals surface area contributed by atoms with Gasteiger partial charge >= 0.3 is 6.08 Å². The third-order valence-corrected chi connectivity index (χ3v) is 5.73. The number of halogens is 1. The number of hydrogen-bond donors (Lipinski definition) is 2. The van der Waals surface area contributed by atoms with Crippen molar-refractivity contribution in [2.45, 2.75) is 99.7 Å². The van der Waals surface area contributed by atoms with E-state index in [2.05, 4.69) is 49.1 Å². The molecule has 0 bridgehead atoms. The number of ether oxygens (including phenoxy) is 4. The van der Waals surface area contributed by atoms with E-state index >= 15 is 0 Å². The maximum Gasteiger partial charge on any atom is 0.393 e. The molecule has 5 aromatic rings. The molecule has 262 valence electrons. The van der Waals surface area contributed by atoms with Gasteiger partial charge in [-0.05, 0) is 69.2 Å². The topological polar surface area (TPSA) is 147 Å². The van der Waals surface area contributed by atoms with E-state index in [4.69, 9.17) is 23.4 Å². The number of hydrogen-bond acceptors (Lipinski definition) is 13. The van der Waals surface area contributed by atoms with Gasteiger partial charge in [0.15, 0.2) is 5.13 Å². The minimum Gasteiger partial charge on any atom is -0.467 e. The average Bonchev–Trinajstić information content (AvgIpc) is 3.80. The number of rotatable bonds is 10. The van der Waals surface area contributed by atoms with Crippen LogP contribution in [0, 0.1) is 5.95 Å². The summed E-state index contributed by atoms with van der Waals surface area (Å²) in [6.07, 6.45) is 12.7. The zero-order valence-electron chi connectivity index (χ0n) is 29.0. The average molecular weight is 697 g/mol. The zero-order valence-corrected chi connectivity index (χ0v) is 30.6. The summed E-state index contributed by atoms with van der Waals surface area (Å²) in [5.74, 6) is -0.472. The van der Waals surface area contributed by atoms with Gasteiger partial charge in [-0.25, -0.2) is 15.0 Å². The number of nitrogens with zero attached hydrogens (tertiary/aromatic N) is 6. The normalized spacial score (nSPS) is 10.2. The van der Waals surface area contributed by atoms with Crippen molar-refractivity contribution >= 4 is 27.8 Å². The highest BCUT2D eigenvalue weighted by Gasteiger charge is 2.03. The van der Waals surface area contributed by atoms with E-state index in [1.54, 1.807) is 42.3 Å². The molecular weight excluding hydrogens is 648 g/mol. The molecule has 5 rings (SSSR count). The minimum atomic E-state index is -0.472. The van der Waals surface area contributed by atoms with E-state index in [0.29, 0.717) is 29.3 Å². The van der Waals surface area contributed by atoms with Crippen LogP contribution in [0.5, 0.6) is 23.3 Å². The third-order valence-electron chi connectivity index (χ3n) is 4.32. The van der Waals surface area contributed by atoms with Crippen LogP contribution in [0.15, 0.2) is 58.6 Å². The molecule has 2 N–H and O–H groups in total. The first-order valence-corrected chi connectivity index (χ1v) is 16.8. The van der Waals surface area contributed by atoms with Gasteiger partial charge in [-0.3, -0.25) is 0 Å². The Balaban J connectivity index is 0.000000294. The highest BCUT2D eigenvalue weighted by Crippen LogP contribution is 2.17. The number of nitrogens with one attached hydrogen (secondary N) is 2.